The topological polar surface area (TPSA) is 97.0 Å². The van der Waals surface area contributed by atoms with E-state index in [1.807, 2.05) is 91.2 Å². The van der Waals surface area contributed by atoms with Gasteiger partial charge in [0.1, 0.15) is 17.4 Å². The number of rotatable bonds is 10. The maximum Gasteiger partial charge on any atom is 0.246 e. The Kier molecular flexibility index (Phi) is 7.17. The highest BCUT2D eigenvalue weighted by Gasteiger charge is 2.76. The van der Waals surface area contributed by atoms with Crippen LogP contribution in [-0.4, -0.2) is 53.5 Å². The molecule has 0 aliphatic carbocycles. The summed E-state index contributed by atoms with van der Waals surface area (Å²) in [5.74, 6) is -1.58. The number of thiophene rings is 1. The molecule has 4 heterocycles. The lowest BCUT2D eigenvalue weighted by atomic mass is 9.70. The minimum atomic E-state index is -1.22. The van der Waals surface area contributed by atoms with Gasteiger partial charge in [-0.3, -0.25) is 14.4 Å². The van der Waals surface area contributed by atoms with Gasteiger partial charge in [0, 0.05) is 18.0 Å². The van der Waals surface area contributed by atoms with E-state index in [-0.39, 0.29) is 17.7 Å². The molecule has 2 bridgehead atoms. The van der Waals surface area contributed by atoms with E-state index in [1.165, 1.54) is 0 Å². The third-order valence-corrected chi connectivity index (χ3v) is 9.33. The van der Waals surface area contributed by atoms with Crippen molar-refractivity contribution in [2.45, 2.75) is 43.7 Å². The predicted molar refractivity (Wildman–Crippen MR) is 155 cm³/mol. The number of ether oxygens (including phenoxy) is 2. The zero-order chi connectivity index (χ0) is 28.6. The first-order chi connectivity index (χ1) is 19.8. The molecule has 9 heteroatoms. The molecule has 2 aromatic carbocycles. The summed E-state index contributed by atoms with van der Waals surface area (Å²) in [5.41, 5.74) is -0.249. The highest BCUT2D eigenvalue weighted by Crippen LogP contribution is 2.59. The average Bonchev–Trinajstić information content (AvgIpc) is 3.74. The maximum atomic E-state index is 14.2. The zero-order valence-electron chi connectivity index (χ0n) is 23.0. The van der Waals surface area contributed by atoms with Gasteiger partial charge in [0.2, 0.25) is 17.7 Å². The van der Waals surface area contributed by atoms with E-state index < -0.39 is 29.1 Å². The number of amides is 3. The number of carbonyl (C=O) groups is 3. The van der Waals surface area contributed by atoms with Crippen LogP contribution in [0, 0.1) is 11.8 Å². The van der Waals surface area contributed by atoms with E-state index in [4.69, 9.17) is 9.47 Å². The van der Waals surface area contributed by atoms with E-state index in [1.54, 1.807) is 23.3 Å². The van der Waals surface area contributed by atoms with Crippen LogP contribution in [0.1, 0.15) is 22.9 Å². The fourth-order valence-corrected chi connectivity index (χ4v) is 7.14. The van der Waals surface area contributed by atoms with Crippen molar-refractivity contribution in [1.82, 2.24) is 15.5 Å². The molecule has 5 atom stereocenters. The molecular formula is C32H33N3O5S. The van der Waals surface area contributed by atoms with E-state index in [9.17, 15) is 14.4 Å². The first-order valence-corrected chi connectivity index (χ1v) is 14.7. The molecule has 1 aromatic heterocycles. The fourth-order valence-electron chi connectivity index (χ4n) is 6.49. The van der Waals surface area contributed by atoms with Gasteiger partial charge in [-0.2, -0.15) is 0 Å². The van der Waals surface area contributed by atoms with Gasteiger partial charge >= 0.3 is 0 Å². The number of methoxy groups -OCH3 is 1. The Morgan fingerprint density at radius 2 is 1.71 bits per heavy atom. The van der Waals surface area contributed by atoms with Gasteiger partial charge in [-0.15, -0.1) is 11.3 Å². The number of hydrogen-bond donors (Lipinski definition) is 2. The lowest BCUT2D eigenvalue weighted by Gasteiger charge is -2.33. The molecular weight excluding hydrogens is 538 g/mol. The third kappa shape index (κ3) is 4.83. The standard InChI is InChI=1S/C32H33N3O5S/c1-31-15-16-32(40-31)26(25(31)28(36)34-20-24-9-6-18-41-24)30(38)35(17-14-21-10-12-23(39-2)13-11-21)27(32)29(37)33-19-22-7-4-3-5-8-22/h3-13,15-16,18,25-27H,14,17,19-20H2,1-2H3,(H,33,37)(H,34,36)/t25-,26+,27+,31-,32+/m1/s1. The lowest BCUT2D eigenvalue weighted by Crippen LogP contribution is -2.55. The summed E-state index contributed by atoms with van der Waals surface area (Å²) in [5, 5.41) is 8.01. The van der Waals surface area contributed by atoms with Gasteiger partial charge in [-0.25, -0.2) is 0 Å². The molecule has 212 valence electrons. The van der Waals surface area contributed by atoms with Crippen molar-refractivity contribution in [1.29, 1.82) is 0 Å². The SMILES string of the molecule is COc1ccc(CCN2C(=O)[C@@H]3[C@H](C(=O)NCc4cccs4)[C@@]4(C)C=C[C@@]3(O4)[C@@H]2C(=O)NCc2ccccc2)cc1. The van der Waals surface area contributed by atoms with Crippen LogP contribution < -0.4 is 15.4 Å². The summed E-state index contributed by atoms with van der Waals surface area (Å²) in [7, 11) is 1.62. The predicted octanol–water partition coefficient (Wildman–Crippen LogP) is 3.47. The minimum Gasteiger partial charge on any atom is -0.497 e. The van der Waals surface area contributed by atoms with Crippen LogP contribution >= 0.6 is 11.3 Å². The highest BCUT2D eigenvalue weighted by atomic mass is 32.1. The fraction of sp³-hybridized carbons (Fsp3) is 0.344. The smallest absolute Gasteiger partial charge is 0.246 e. The molecule has 3 aliphatic rings. The second-order valence-corrected chi connectivity index (χ2v) is 12.0. The van der Waals surface area contributed by atoms with Crippen molar-refractivity contribution < 1.29 is 23.9 Å². The van der Waals surface area contributed by atoms with E-state index in [0.717, 1.165) is 21.8 Å². The van der Waals surface area contributed by atoms with Gasteiger partial charge in [-0.1, -0.05) is 60.7 Å². The molecule has 3 aromatic rings. The zero-order valence-corrected chi connectivity index (χ0v) is 23.9. The minimum absolute atomic E-state index is 0.234. The van der Waals surface area contributed by atoms with Crippen LogP contribution in [-0.2, 0) is 38.6 Å². The lowest BCUT2D eigenvalue weighted by molar-refractivity contribution is -0.145. The molecule has 2 N–H and O–H groups in total. The summed E-state index contributed by atoms with van der Waals surface area (Å²) in [6.45, 7) is 2.84. The Labute approximate surface area is 243 Å². The van der Waals surface area contributed by atoms with Gasteiger partial charge in [0.25, 0.3) is 0 Å². The number of nitrogens with zero attached hydrogens (tertiary/aromatic N) is 1. The molecule has 3 aliphatic heterocycles. The van der Waals surface area contributed by atoms with Crippen LogP contribution in [0.2, 0.25) is 0 Å². The van der Waals surface area contributed by atoms with Crippen molar-refractivity contribution >= 4 is 29.1 Å². The summed E-state index contributed by atoms with van der Waals surface area (Å²) < 4.78 is 11.9. The Bertz CT molecular complexity index is 1460. The Balaban J connectivity index is 1.28. The molecule has 3 amide bonds. The number of likely N-dealkylation sites (tertiary alicyclic amines) is 1. The molecule has 0 radical (unpaired) electrons. The second kappa shape index (κ2) is 10.8. The van der Waals surface area contributed by atoms with Gasteiger partial charge < -0.3 is 25.0 Å². The third-order valence-electron chi connectivity index (χ3n) is 8.45. The number of fused-ring (bicyclic) bond motifs is 1. The summed E-state index contributed by atoms with van der Waals surface area (Å²) in [4.78, 5) is 44.4. The van der Waals surface area contributed by atoms with Gasteiger partial charge in [0.15, 0.2) is 0 Å². The summed E-state index contributed by atoms with van der Waals surface area (Å²) in [6, 6.07) is 20.3. The first-order valence-electron chi connectivity index (χ1n) is 13.8. The van der Waals surface area contributed by atoms with Crippen LogP contribution in [0.4, 0.5) is 0 Å². The molecule has 6 rings (SSSR count). The highest BCUT2D eigenvalue weighted by molar-refractivity contribution is 7.09. The Morgan fingerprint density at radius 3 is 2.41 bits per heavy atom. The quantitative estimate of drug-likeness (QED) is 0.364. The van der Waals surface area contributed by atoms with Crippen LogP contribution in [0.3, 0.4) is 0 Å². The van der Waals surface area contributed by atoms with Crippen molar-refractivity contribution in [2.24, 2.45) is 11.8 Å². The monoisotopic (exact) mass is 571 g/mol. The van der Waals surface area contributed by atoms with Crippen LogP contribution in [0.5, 0.6) is 5.75 Å². The number of hydrogen-bond acceptors (Lipinski definition) is 6. The normalized spacial score (nSPS) is 27.6. The van der Waals surface area contributed by atoms with Crippen LogP contribution in [0.25, 0.3) is 0 Å². The number of benzene rings is 2. The average molecular weight is 572 g/mol. The molecule has 0 unspecified atom stereocenters. The van der Waals surface area contributed by atoms with E-state index in [2.05, 4.69) is 10.6 Å². The van der Waals surface area contributed by atoms with Crippen LogP contribution in [0.15, 0.2) is 84.3 Å². The summed E-state index contributed by atoms with van der Waals surface area (Å²) in [6.07, 6.45) is 4.24. The maximum absolute atomic E-state index is 14.2. The van der Waals surface area contributed by atoms with E-state index in [0.29, 0.717) is 26.1 Å². The molecule has 0 saturated carbocycles. The second-order valence-electron chi connectivity index (χ2n) is 11.0. The largest absolute Gasteiger partial charge is 0.497 e. The molecule has 2 fully saturated rings. The van der Waals surface area contributed by atoms with Crippen molar-refractivity contribution in [3.05, 3.63) is 100 Å². The van der Waals surface area contributed by atoms with Gasteiger partial charge in [0.05, 0.1) is 31.1 Å². The number of carbonyl (C=O) groups excluding carboxylic acids is 3. The Morgan fingerprint density at radius 1 is 0.951 bits per heavy atom. The van der Waals surface area contributed by atoms with E-state index >= 15 is 0 Å². The first kappa shape index (κ1) is 27.2. The molecule has 2 saturated heterocycles. The summed E-state index contributed by atoms with van der Waals surface area (Å²) >= 11 is 1.56. The van der Waals surface area contributed by atoms with Crippen molar-refractivity contribution in [2.75, 3.05) is 13.7 Å². The number of nitrogens with one attached hydrogen (secondary N) is 2. The Hall–Kier alpha value is -3.95. The molecule has 8 nitrogen and oxygen atoms in total. The molecule has 41 heavy (non-hydrogen) atoms. The van der Waals surface area contributed by atoms with Crippen molar-refractivity contribution in [3.8, 4) is 5.75 Å². The van der Waals surface area contributed by atoms with Crippen molar-refractivity contribution in [3.63, 3.8) is 0 Å². The van der Waals surface area contributed by atoms with Gasteiger partial charge in [-0.05, 0) is 48.1 Å². The molecule has 1 spiro atoms.